The van der Waals surface area contributed by atoms with Gasteiger partial charge < -0.3 is 30.5 Å². The summed E-state index contributed by atoms with van der Waals surface area (Å²) < 4.78 is 22.6. The summed E-state index contributed by atoms with van der Waals surface area (Å²) in [4.78, 5) is 40.8. The van der Waals surface area contributed by atoms with Gasteiger partial charge in [0.15, 0.2) is 28.4 Å². The van der Waals surface area contributed by atoms with Gasteiger partial charge >= 0.3 is 7.82 Å². The Kier molecular flexibility index (Phi) is 7.35. The van der Waals surface area contributed by atoms with E-state index in [4.69, 9.17) is 20.3 Å². The van der Waals surface area contributed by atoms with Crippen LogP contribution in [0.25, 0.3) is 11.2 Å². The molecule has 2 aromatic heterocycles. The van der Waals surface area contributed by atoms with Gasteiger partial charge in [0, 0.05) is 17.9 Å². The molecule has 15 nitrogen and oxygen atoms in total. The number of thioether (sulfide) groups is 1. The second kappa shape index (κ2) is 10.1. The number of phosphoric ester groups is 1. The van der Waals surface area contributed by atoms with E-state index in [0.29, 0.717) is 17.3 Å². The number of non-ortho nitro benzene ring substituents is 1. The Hall–Kier alpha value is -2.69. The molecule has 0 spiro atoms. The normalized spacial score (nSPS) is 22.6. The summed E-state index contributed by atoms with van der Waals surface area (Å²) in [6.45, 7) is -0.661. The van der Waals surface area contributed by atoms with Gasteiger partial charge in [0.2, 0.25) is 0 Å². The van der Waals surface area contributed by atoms with Crippen LogP contribution in [-0.4, -0.2) is 75.1 Å². The first-order valence-electron chi connectivity index (χ1n) is 10.1. The van der Waals surface area contributed by atoms with Crippen LogP contribution in [0.3, 0.4) is 0 Å². The first kappa shape index (κ1) is 25.4. The van der Waals surface area contributed by atoms with Gasteiger partial charge in [-0.05, 0) is 12.0 Å². The maximum atomic E-state index is 11.0. The van der Waals surface area contributed by atoms with Gasteiger partial charge in [-0.3, -0.25) is 19.2 Å². The minimum Gasteiger partial charge on any atom is -0.387 e. The van der Waals surface area contributed by atoms with Crippen molar-refractivity contribution < 1.29 is 38.7 Å². The Morgan fingerprint density at radius 1 is 1.23 bits per heavy atom. The average Bonchev–Trinajstić information content (AvgIpc) is 3.30. The van der Waals surface area contributed by atoms with Crippen LogP contribution in [0, 0.1) is 10.1 Å². The van der Waals surface area contributed by atoms with E-state index in [-0.39, 0.29) is 22.7 Å². The Bertz CT molecular complexity index is 1270. The third-order valence-electron chi connectivity index (χ3n) is 5.24. The molecular weight excluding hydrogens is 507 g/mol. The number of anilines is 1. The highest BCUT2D eigenvalue weighted by Gasteiger charge is 2.46. The number of hydrogen-bond acceptors (Lipinski definition) is 12. The van der Waals surface area contributed by atoms with Gasteiger partial charge in [0.25, 0.3) is 5.69 Å². The molecule has 1 unspecified atom stereocenters. The van der Waals surface area contributed by atoms with Crippen molar-refractivity contribution in [2.75, 3.05) is 18.1 Å². The number of phosphoric acid groups is 1. The average molecular weight is 528 g/mol. The second-order valence-electron chi connectivity index (χ2n) is 7.55. The number of aliphatic hydroxyl groups excluding tert-OH is 2. The van der Waals surface area contributed by atoms with Crippen LogP contribution in [0.2, 0.25) is 0 Å². The summed E-state index contributed by atoms with van der Waals surface area (Å²) in [6, 6.07) is 6.12. The van der Waals surface area contributed by atoms with Crippen LogP contribution in [0.5, 0.6) is 0 Å². The van der Waals surface area contributed by atoms with Crippen molar-refractivity contribution in [2.24, 2.45) is 0 Å². The number of fused-ring (bicyclic) bond motifs is 1. The standard InChI is InChI=1S/C18H21N6O9PS/c19-15-12-16(21-8-20-15)23(17-14(26)13(25)11(33-17)7-32-34(29,30)31)18(22-12)35-6-5-9-1-3-10(4-2-9)24(27)28/h1-4,8,11,13-14,17,25-26H,5-7H2,(H2,19,20,21)(H2,29,30,31)/t11-,13-,14-,17?/m1/s1. The first-order valence-corrected chi connectivity index (χ1v) is 12.6. The molecular formula is C18H21N6O9PS. The van der Waals surface area contributed by atoms with Gasteiger partial charge in [-0.15, -0.1) is 0 Å². The Morgan fingerprint density at radius 3 is 2.60 bits per heavy atom. The smallest absolute Gasteiger partial charge is 0.387 e. The van der Waals surface area contributed by atoms with Crippen molar-refractivity contribution in [3.05, 3.63) is 46.3 Å². The summed E-state index contributed by atoms with van der Waals surface area (Å²) in [6.07, 6.45) is -3.73. The summed E-state index contributed by atoms with van der Waals surface area (Å²) >= 11 is 1.26. The number of aliphatic hydroxyl groups is 2. The fourth-order valence-corrected chi connectivity index (χ4v) is 4.88. The highest BCUT2D eigenvalue weighted by Crippen LogP contribution is 2.40. The summed E-state index contributed by atoms with van der Waals surface area (Å²) in [5.74, 6) is 0.560. The number of nitrogens with zero attached hydrogens (tertiary/aromatic N) is 5. The number of hydrogen-bond donors (Lipinski definition) is 5. The molecule has 0 aliphatic carbocycles. The number of imidazole rings is 1. The second-order valence-corrected chi connectivity index (χ2v) is 9.85. The van der Waals surface area contributed by atoms with E-state index >= 15 is 0 Å². The zero-order valence-electron chi connectivity index (χ0n) is 17.8. The molecule has 1 saturated heterocycles. The largest absolute Gasteiger partial charge is 0.469 e. The molecule has 17 heteroatoms. The number of nitrogens with two attached hydrogens (primary N) is 1. The topological polar surface area (TPSA) is 229 Å². The molecule has 1 fully saturated rings. The fourth-order valence-electron chi connectivity index (χ4n) is 3.53. The van der Waals surface area contributed by atoms with E-state index in [1.165, 1.54) is 34.8 Å². The van der Waals surface area contributed by atoms with Crippen molar-refractivity contribution in [1.29, 1.82) is 0 Å². The lowest BCUT2D eigenvalue weighted by Crippen LogP contribution is -2.33. The first-order chi connectivity index (χ1) is 16.5. The minimum atomic E-state index is -4.82. The number of aryl methyl sites for hydroxylation is 1. The zero-order valence-corrected chi connectivity index (χ0v) is 19.5. The molecule has 0 amide bonds. The number of ether oxygens (including phenoxy) is 1. The molecule has 35 heavy (non-hydrogen) atoms. The van der Waals surface area contributed by atoms with Crippen LogP contribution >= 0.6 is 19.6 Å². The van der Waals surface area contributed by atoms with E-state index in [1.807, 2.05) is 0 Å². The predicted octanol–water partition coefficient (Wildman–Crippen LogP) is 0.380. The number of aromatic nitrogens is 4. The Balaban J connectivity index is 1.57. The molecule has 4 atom stereocenters. The SMILES string of the molecule is Nc1ncnc2c1nc(SCCc1ccc([N+](=O)[O-])cc1)n2C1O[C@H](COP(=O)(O)O)[C@@H](O)[C@H]1O. The fraction of sp³-hybridized carbons (Fsp3) is 0.389. The van der Waals surface area contributed by atoms with Crippen molar-refractivity contribution in [1.82, 2.24) is 19.5 Å². The van der Waals surface area contributed by atoms with E-state index in [0.717, 1.165) is 5.56 Å². The lowest BCUT2D eigenvalue weighted by atomic mass is 10.1. The van der Waals surface area contributed by atoms with Crippen molar-refractivity contribution >= 4 is 42.3 Å². The third kappa shape index (κ3) is 5.60. The molecule has 4 rings (SSSR count). The minimum absolute atomic E-state index is 0.0135. The van der Waals surface area contributed by atoms with E-state index in [9.17, 15) is 24.9 Å². The van der Waals surface area contributed by atoms with Gasteiger partial charge in [-0.1, -0.05) is 23.9 Å². The Morgan fingerprint density at radius 2 is 1.94 bits per heavy atom. The number of nitrogen functional groups attached to an aromatic ring is 1. The number of rotatable bonds is 9. The zero-order chi connectivity index (χ0) is 25.3. The van der Waals surface area contributed by atoms with Crippen molar-refractivity contribution in [3.8, 4) is 0 Å². The van der Waals surface area contributed by atoms with Crippen LogP contribution in [0.4, 0.5) is 11.5 Å². The van der Waals surface area contributed by atoms with Gasteiger partial charge in [-0.25, -0.2) is 19.5 Å². The lowest BCUT2D eigenvalue weighted by Gasteiger charge is -2.19. The Labute approximate surface area is 201 Å². The molecule has 1 aliphatic rings. The van der Waals surface area contributed by atoms with Crippen molar-refractivity contribution in [2.45, 2.75) is 36.1 Å². The molecule has 0 saturated carbocycles. The maximum Gasteiger partial charge on any atom is 0.469 e. The van der Waals surface area contributed by atoms with Crippen LogP contribution < -0.4 is 5.73 Å². The van der Waals surface area contributed by atoms with E-state index in [1.54, 1.807) is 12.1 Å². The highest BCUT2D eigenvalue weighted by atomic mass is 32.2. The van der Waals surface area contributed by atoms with E-state index in [2.05, 4.69) is 19.5 Å². The monoisotopic (exact) mass is 528 g/mol. The summed E-state index contributed by atoms with van der Waals surface area (Å²) in [5.41, 5.74) is 7.24. The third-order valence-corrected chi connectivity index (χ3v) is 6.68. The van der Waals surface area contributed by atoms with Gasteiger partial charge in [0.05, 0.1) is 11.5 Å². The van der Waals surface area contributed by atoms with E-state index < -0.39 is 43.9 Å². The van der Waals surface area contributed by atoms with Gasteiger partial charge in [-0.2, -0.15) is 0 Å². The van der Waals surface area contributed by atoms with Crippen molar-refractivity contribution in [3.63, 3.8) is 0 Å². The summed E-state index contributed by atoms with van der Waals surface area (Å²) in [7, 11) is -4.82. The highest BCUT2D eigenvalue weighted by molar-refractivity contribution is 7.99. The molecule has 3 heterocycles. The maximum absolute atomic E-state index is 11.0. The molecule has 1 aliphatic heterocycles. The number of nitro groups is 1. The predicted molar refractivity (Wildman–Crippen MR) is 121 cm³/mol. The molecule has 3 aromatic rings. The number of benzene rings is 1. The molecule has 0 radical (unpaired) electrons. The quantitative estimate of drug-likeness (QED) is 0.109. The summed E-state index contributed by atoms with van der Waals surface area (Å²) in [5, 5.41) is 32.2. The molecule has 0 bridgehead atoms. The van der Waals surface area contributed by atoms with Gasteiger partial charge in [0.1, 0.15) is 24.6 Å². The number of nitro benzene ring substituents is 1. The van der Waals surface area contributed by atoms with Crippen LogP contribution in [0.15, 0.2) is 35.7 Å². The van der Waals surface area contributed by atoms with Crippen LogP contribution in [0.1, 0.15) is 11.8 Å². The molecule has 188 valence electrons. The van der Waals surface area contributed by atoms with Crippen LogP contribution in [-0.2, 0) is 20.2 Å². The molecule has 6 N–H and O–H groups in total. The molecule has 1 aromatic carbocycles. The lowest BCUT2D eigenvalue weighted by molar-refractivity contribution is -0.384.